The highest BCUT2D eigenvalue weighted by Gasteiger charge is 2.28. The lowest BCUT2D eigenvalue weighted by atomic mass is 10.0. The van der Waals surface area contributed by atoms with E-state index >= 15 is 0 Å². The average Bonchev–Trinajstić information content (AvgIpc) is 2.46. The van der Waals surface area contributed by atoms with Crippen molar-refractivity contribution in [1.29, 1.82) is 0 Å². The molecule has 0 aromatic heterocycles. The lowest BCUT2D eigenvalue weighted by Gasteiger charge is -2.33. The molecule has 120 valence electrons. The Kier molecular flexibility index (Phi) is 4.71. The van der Waals surface area contributed by atoms with E-state index in [4.69, 9.17) is 0 Å². The summed E-state index contributed by atoms with van der Waals surface area (Å²) in [6.07, 6.45) is -1.01. The van der Waals surface area contributed by atoms with Crippen LogP contribution in [0.2, 0.25) is 0 Å². The fraction of sp³-hybridized carbons (Fsp3) is 0.500. The maximum atomic E-state index is 12.4. The van der Waals surface area contributed by atoms with E-state index in [0.29, 0.717) is 24.3 Å². The summed E-state index contributed by atoms with van der Waals surface area (Å²) in [5.74, 6) is -0.00863. The van der Waals surface area contributed by atoms with Gasteiger partial charge >= 0.3 is 6.09 Å². The second-order valence-corrected chi connectivity index (χ2v) is 6.38. The van der Waals surface area contributed by atoms with Gasteiger partial charge in [0, 0.05) is 43.0 Å². The first-order valence-corrected chi connectivity index (χ1v) is 7.44. The normalized spacial score (nSPS) is 15.5. The first-order chi connectivity index (χ1) is 10.3. The van der Waals surface area contributed by atoms with E-state index < -0.39 is 11.6 Å². The minimum absolute atomic E-state index is 0.00863. The first kappa shape index (κ1) is 16.3. The van der Waals surface area contributed by atoms with Crippen LogP contribution in [0.4, 0.5) is 10.5 Å². The van der Waals surface area contributed by atoms with Crippen molar-refractivity contribution in [3.05, 3.63) is 29.8 Å². The maximum Gasteiger partial charge on any atom is 0.412 e. The molecular weight excluding hydrogens is 282 g/mol. The summed E-state index contributed by atoms with van der Waals surface area (Å²) in [6.45, 7) is 8.51. The molecule has 2 N–H and O–H groups in total. The molecular formula is C16H23N3O3. The lowest BCUT2D eigenvalue weighted by Crippen LogP contribution is -2.46. The number of nitrogens with one attached hydrogen (secondary N) is 1. The van der Waals surface area contributed by atoms with Gasteiger partial charge in [0.05, 0.1) is 0 Å². The number of anilines is 1. The fourth-order valence-electron chi connectivity index (χ4n) is 2.59. The van der Waals surface area contributed by atoms with Crippen LogP contribution in [0.15, 0.2) is 24.3 Å². The van der Waals surface area contributed by atoms with Gasteiger partial charge in [-0.1, -0.05) is 0 Å². The van der Waals surface area contributed by atoms with Crippen molar-refractivity contribution in [2.45, 2.75) is 26.3 Å². The molecule has 1 fully saturated rings. The van der Waals surface area contributed by atoms with Gasteiger partial charge in [0.15, 0.2) is 0 Å². The van der Waals surface area contributed by atoms with Gasteiger partial charge in [-0.25, -0.2) is 4.79 Å². The van der Waals surface area contributed by atoms with E-state index in [1.165, 1.54) is 4.90 Å². The lowest BCUT2D eigenvalue weighted by molar-refractivity contribution is 0.0736. The number of piperazine rings is 1. The summed E-state index contributed by atoms with van der Waals surface area (Å²) >= 11 is 0. The molecule has 1 aromatic carbocycles. The zero-order chi connectivity index (χ0) is 16.3. The molecule has 1 aliphatic heterocycles. The minimum atomic E-state index is -1.01. The fourth-order valence-corrected chi connectivity index (χ4v) is 2.59. The van der Waals surface area contributed by atoms with Crippen molar-refractivity contribution < 1.29 is 14.7 Å². The Bertz CT molecular complexity index is 543. The molecule has 0 radical (unpaired) electrons. The largest absolute Gasteiger partial charge is 0.465 e. The molecule has 0 saturated carbocycles. The molecule has 2 rings (SSSR count). The molecule has 1 aliphatic rings. The Labute approximate surface area is 130 Å². The topological polar surface area (TPSA) is 72.9 Å². The summed E-state index contributed by atoms with van der Waals surface area (Å²) in [4.78, 5) is 26.9. The highest BCUT2D eigenvalue weighted by atomic mass is 16.4. The number of benzene rings is 1. The van der Waals surface area contributed by atoms with Gasteiger partial charge in [0.25, 0.3) is 5.91 Å². The number of carbonyl (C=O) groups is 2. The van der Waals surface area contributed by atoms with Crippen molar-refractivity contribution >= 4 is 17.7 Å². The summed E-state index contributed by atoms with van der Waals surface area (Å²) in [7, 11) is 0. The molecule has 0 bridgehead atoms. The van der Waals surface area contributed by atoms with Crippen molar-refractivity contribution in [1.82, 2.24) is 10.2 Å². The predicted molar refractivity (Wildman–Crippen MR) is 85.5 cm³/mol. The zero-order valence-electron chi connectivity index (χ0n) is 13.3. The van der Waals surface area contributed by atoms with Gasteiger partial charge in [-0.05, 0) is 45.0 Å². The summed E-state index contributed by atoms with van der Waals surface area (Å²) in [5, 5.41) is 12.6. The highest BCUT2D eigenvalue weighted by Crippen LogP contribution is 2.24. The Hall–Kier alpha value is -2.08. The second kappa shape index (κ2) is 6.36. The zero-order valence-corrected chi connectivity index (χ0v) is 13.3. The van der Waals surface area contributed by atoms with Gasteiger partial charge in [-0.3, -0.25) is 9.69 Å². The van der Waals surface area contributed by atoms with Crippen molar-refractivity contribution in [3.8, 4) is 0 Å². The smallest absolute Gasteiger partial charge is 0.412 e. The molecule has 0 unspecified atom stereocenters. The molecule has 22 heavy (non-hydrogen) atoms. The van der Waals surface area contributed by atoms with Gasteiger partial charge in [0.1, 0.15) is 0 Å². The standard InChI is InChI=1S/C16H23N3O3/c1-16(2,3)19(15(21)22)13-6-4-12(5-7-13)14(20)18-10-8-17-9-11-18/h4-7,17H,8-11H2,1-3H3,(H,21,22). The number of hydrogen-bond acceptors (Lipinski definition) is 3. The number of carbonyl (C=O) groups excluding carboxylic acids is 1. The number of rotatable bonds is 2. The molecule has 0 aliphatic carbocycles. The van der Waals surface area contributed by atoms with Crippen LogP contribution in [0.25, 0.3) is 0 Å². The van der Waals surface area contributed by atoms with Crippen LogP contribution >= 0.6 is 0 Å². The predicted octanol–water partition coefficient (Wildman–Crippen LogP) is 2.01. The van der Waals surface area contributed by atoms with E-state index in [9.17, 15) is 14.7 Å². The monoisotopic (exact) mass is 305 g/mol. The summed E-state index contributed by atoms with van der Waals surface area (Å²) in [5.41, 5.74) is 0.609. The summed E-state index contributed by atoms with van der Waals surface area (Å²) in [6, 6.07) is 6.77. The molecule has 1 saturated heterocycles. The van der Waals surface area contributed by atoms with E-state index in [2.05, 4.69) is 5.32 Å². The Morgan fingerprint density at radius 2 is 1.68 bits per heavy atom. The quantitative estimate of drug-likeness (QED) is 0.876. The van der Waals surface area contributed by atoms with Crippen LogP contribution < -0.4 is 10.2 Å². The Balaban J connectivity index is 2.18. The van der Waals surface area contributed by atoms with Crippen LogP contribution in [-0.2, 0) is 0 Å². The van der Waals surface area contributed by atoms with E-state index in [0.717, 1.165) is 13.1 Å². The number of nitrogens with zero attached hydrogens (tertiary/aromatic N) is 2. The van der Waals surface area contributed by atoms with Crippen LogP contribution in [0.3, 0.4) is 0 Å². The third kappa shape index (κ3) is 3.57. The Morgan fingerprint density at radius 1 is 1.14 bits per heavy atom. The maximum absolute atomic E-state index is 12.4. The molecule has 6 heteroatoms. The van der Waals surface area contributed by atoms with Crippen LogP contribution in [0.1, 0.15) is 31.1 Å². The van der Waals surface area contributed by atoms with Gasteiger partial charge in [0.2, 0.25) is 0 Å². The third-order valence-corrected chi connectivity index (χ3v) is 3.64. The molecule has 6 nitrogen and oxygen atoms in total. The van der Waals surface area contributed by atoms with Gasteiger partial charge in [-0.15, -0.1) is 0 Å². The van der Waals surface area contributed by atoms with E-state index in [1.54, 1.807) is 24.3 Å². The number of carboxylic acid groups (broad SMARTS) is 1. The number of amides is 2. The van der Waals surface area contributed by atoms with Crippen molar-refractivity contribution in [2.24, 2.45) is 0 Å². The Morgan fingerprint density at radius 3 is 2.14 bits per heavy atom. The molecule has 1 heterocycles. The van der Waals surface area contributed by atoms with Crippen molar-refractivity contribution in [2.75, 3.05) is 31.1 Å². The molecule has 1 aromatic rings. The minimum Gasteiger partial charge on any atom is -0.465 e. The van der Waals surface area contributed by atoms with Gasteiger partial charge < -0.3 is 15.3 Å². The molecule has 2 amide bonds. The second-order valence-electron chi connectivity index (χ2n) is 6.38. The first-order valence-electron chi connectivity index (χ1n) is 7.44. The average molecular weight is 305 g/mol. The molecule has 0 atom stereocenters. The molecule has 0 spiro atoms. The number of hydrogen-bond donors (Lipinski definition) is 2. The van der Waals surface area contributed by atoms with Gasteiger partial charge in [-0.2, -0.15) is 0 Å². The van der Waals surface area contributed by atoms with Crippen LogP contribution in [-0.4, -0.2) is 53.7 Å². The summed E-state index contributed by atoms with van der Waals surface area (Å²) < 4.78 is 0. The van der Waals surface area contributed by atoms with E-state index in [-0.39, 0.29) is 5.91 Å². The highest BCUT2D eigenvalue weighted by molar-refractivity contribution is 5.95. The van der Waals surface area contributed by atoms with Crippen LogP contribution in [0.5, 0.6) is 0 Å². The SMILES string of the molecule is CC(C)(C)N(C(=O)O)c1ccc(C(=O)N2CCNCC2)cc1. The van der Waals surface area contributed by atoms with Crippen LogP contribution in [0, 0.1) is 0 Å². The third-order valence-electron chi connectivity index (χ3n) is 3.64. The van der Waals surface area contributed by atoms with E-state index in [1.807, 2.05) is 25.7 Å². The van der Waals surface area contributed by atoms with Crippen molar-refractivity contribution in [3.63, 3.8) is 0 Å².